The van der Waals surface area contributed by atoms with Crippen molar-refractivity contribution in [2.75, 3.05) is 13.2 Å². The third-order valence-corrected chi connectivity index (χ3v) is 1.51. The summed E-state index contributed by atoms with van der Waals surface area (Å²) in [6.45, 7) is 9.81. The zero-order valence-corrected chi connectivity index (χ0v) is 7.76. The normalized spacial score (nSPS) is 26.7. The number of likely N-dealkylation sites (N-methyl/N-ethyl adjacent to an activating group) is 1. The SMILES string of the molecule is CCN1OCC1OC(C)(C)C. The van der Waals surface area contributed by atoms with Gasteiger partial charge in [-0.3, -0.25) is 4.84 Å². The number of hydrogen-bond acceptors (Lipinski definition) is 3. The number of ether oxygens (including phenoxy) is 1. The van der Waals surface area contributed by atoms with Gasteiger partial charge in [-0.2, -0.15) is 5.06 Å². The van der Waals surface area contributed by atoms with Crippen LogP contribution in [0.2, 0.25) is 0 Å². The maximum absolute atomic E-state index is 5.68. The van der Waals surface area contributed by atoms with Crippen LogP contribution < -0.4 is 0 Å². The summed E-state index contributed by atoms with van der Waals surface area (Å²) in [5.74, 6) is 0. The molecule has 1 rings (SSSR count). The molecule has 11 heavy (non-hydrogen) atoms. The summed E-state index contributed by atoms with van der Waals surface area (Å²) in [6.07, 6.45) is 0.167. The lowest BCUT2D eigenvalue weighted by molar-refractivity contribution is -0.375. The molecule has 0 aliphatic carbocycles. The van der Waals surface area contributed by atoms with Crippen LogP contribution in [0.15, 0.2) is 0 Å². The van der Waals surface area contributed by atoms with Crippen molar-refractivity contribution in [3.63, 3.8) is 0 Å². The first kappa shape index (κ1) is 8.97. The molecule has 0 N–H and O–H groups in total. The molecule has 0 spiro atoms. The number of rotatable bonds is 2. The molecule has 1 atom stereocenters. The van der Waals surface area contributed by atoms with E-state index in [2.05, 4.69) is 27.7 Å². The molecule has 0 aromatic rings. The van der Waals surface area contributed by atoms with Gasteiger partial charge in [0.1, 0.15) is 6.61 Å². The highest BCUT2D eigenvalue weighted by molar-refractivity contribution is 4.67. The van der Waals surface area contributed by atoms with Gasteiger partial charge in [0, 0.05) is 6.54 Å². The first-order valence-corrected chi connectivity index (χ1v) is 4.10. The molecule has 1 aliphatic rings. The van der Waals surface area contributed by atoms with Crippen LogP contribution in [0.5, 0.6) is 0 Å². The molecule has 1 heterocycles. The van der Waals surface area contributed by atoms with Crippen LogP contribution in [0.1, 0.15) is 27.7 Å². The van der Waals surface area contributed by atoms with Crippen molar-refractivity contribution >= 4 is 0 Å². The summed E-state index contributed by atoms with van der Waals surface area (Å²) in [5, 5.41) is 1.85. The maximum Gasteiger partial charge on any atom is 0.158 e. The van der Waals surface area contributed by atoms with Crippen LogP contribution in [-0.2, 0) is 9.57 Å². The fourth-order valence-corrected chi connectivity index (χ4v) is 1.04. The first-order valence-electron chi connectivity index (χ1n) is 4.10. The van der Waals surface area contributed by atoms with Gasteiger partial charge in [0.25, 0.3) is 0 Å². The van der Waals surface area contributed by atoms with Gasteiger partial charge in [0.15, 0.2) is 6.23 Å². The van der Waals surface area contributed by atoms with E-state index in [0.29, 0.717) is 6.61 Å². The molecule has 0 bridgehead atoms. The molecular formula is C8H17NO2. The van der Waals surface area contributed by atoms with E-state index < -0.39 is 0 Å². The first-order chi connectivity index (χ1) is 5.03. The molecule has 0 aromatic heterocycles. The smallest absolute Gasteiger partial charge is 0.158 e. The molecule has 0 saturated carbocycles. The van der Waals surface area contributed by atoms with Crippen molar-refractivity contribution in [2.24, 2.45) is 0 Å². The summed E-state index contributed by atoms with van der Waals surface area (Å²) in [6, 6.07) is 0. The van der Waals surface area contributed by atoms with Gasteiger partial charge in [-0.1, -0.05) is 0 Å². The Labute approximate surface area is 68.2 Å². The van der Waals surface area contributed by atoms with Gasteiger partial charge >= 0.3 is 0 Å². The van der Waals surface area contributed by atoms with E-state index in [1.165, 1.54) is 0 Å². The number of hydroxylamine groups is 2. The summed E-state index contributed by atoms with van der Waals surface area (Å²) >= 11 is 0. The molecular weight excluding hydrogens is 142 g/mol. The van der Waals surface area contributed by atoms with E-state index in [1.807, 2.05) is 5.06 Å². The number of hydrogen-bond donors (Lipinski definition) is 0. The average molecular weight is 159 g/mol. The summed E-state index contributed by atoms with van der Waals surface area (Å²) in [7, 11) is 0. The average Bonchev–Trinajstić information content (AvgIpc) is 1.80. The molecule has 3 heteroatoms. The standard InChI is InChI=1S/C8H17NO2/c1-5-9-7(6-10-9)11-8(2,3)4/h7H,5-6H2,1-4H3. The van der Waals surface area contributed by atoms with Crippen molar-refractivity contribution < 1.29 is 9.57 Å². The Balaban J connectivity index is 2.27. The summed E-state index contributed by atoms with van der Waals surface area (Å²) < 4.78 is 5.68. The minimum Gasteiger partial charge on any atom is -0.353 e. The summed E-state index contributed by atoms with van der Waals surface area (Å²) in [4.78, 5) is 5.15. The van der Waals surface area contributed by atoms with E-state index in [9.17, 15) is 0 Å². The van der Waals surface area contributed by atoms with Crippen LogP contribution >= 0.6 is 0 Å². The Bertz CT molecular complexity index is 129. The molecule has 3 nitrogen and oxygen atoms in total. The van der Waals surface area contributed by atoms with Crippen LogP contribution in [-0.4, -0.2) is 30.0 Å². The third-order valence-electron chi connectivity index (χ3n) is 1.51. The summed E-state index contributed by atoms with van der Waals surface area (Å²) in [5.41, 5.74) is -0.0676. The van der Waals surface area contributed by atoms with Crippen LogP contribution in [0.25, 0.3) is 0 Å². The minimum atomic E-state index is -0.0676. The van der Waals surface area contributed by atoms with Crippen LogP contribution in [0, 0.1) is 0 Å². The Morgan fingerprint density at radius 2 is 2.18 bits per heavy atom. The van der Waals surface area contributed by atoms with Crippen LogP contribution in [0.3, 0.4) is 0 Å². The molecule has 1 aliphatic heterocycles. The molecule has 0 amide bonds. The monoisotopic (exact) mass is 159 g/mol. The fourth-order valence-electron chi connectivity index (χ4n) is 1.04. The molecule has 1 unspecified atom stereocenters. The second kappa shape index (κ2) is 3.09. The molecule has 1 fully saturated rings. The molecule has 0 aromatic carbocycles. The lowest BCUT2D eigenvalue weighted by atomic mass is 10.2. The number of nitrogens with zero attached hydrogens (tertiary/aromatic N) is 1. The van der Waals surface area contributed by atoms with Gasteiger partial charge in [-0.25, -0.2) is 0 Å². The van der Waals surface area contributed by atoms with Gasteiger partial charge in [-0.05, 0) is 27.7 Å². The quantitative estimate of drug-likeness (QED) is 0.608. The van der Waals surface area contributed by atoms with Crippen molar-refractivity contribution in [3.05, 3.63) is 0 Å². The second-order valence-electron chi connectivity index (χ2n) is 3.71. The van der Waals surface area contributed by atoms with Crippen molar-refractivity contribution in [1.82, 2.24) is 5.06 Å². The highest BCUT2D eigenvalue weighted by atomic mass is 16.8. The van der Waals surface area contributed by atoms with Gasteiger partial charge < -0.3 is 4.74 Å². The Hall–Kier alpha value is -0.120. The predicted molar refractivity (Wildman–Crippen MR) is 43.0 cm³/mol. The molecule has 1 saturated heterocycles. The lowest BCUT2D eigenvalue weighted by Crippen LogP contribution is -2.53. The molecule has 66 valence electrons. The second-order valence-corrected chi connectivity index (χ2v) is 3.71. The maximum atomic E-state index is 5.68. The van der Waals surface area contributed by atoms with E-state index in [1.54, 1.807) is 0 Å². The van der Waals surface area contributed by atoms with Crippen molar-refractivity contribution in [1.29, 1.82) is 0 Å². The zero-order chi connectivity index (χ0) is 8.48. The highest BCUT2D eigenvalue weighted by Crippen LogP contribution is 2.20. The van der Waals surface area contributed by atoms with E-state index >= 15 is 0 Å². The van der Waals surface area contributed by atoms with Gasteiger partial charge in [0.2, 0.25) is 0 Å². The molecule has 0 radical (unpaired) electrons. The topological polar surface area (TPSA) is 21.7 Å². The van der Waals surface area contributed by atoms with Crippen molar-refractivity contribution in [3.8, 4) is 0 Å². The Kier molecular flexibility index (Phi) is 2.52. The van der Waals surface area contributed by atoms with Crippen LogP contribution in [0.4, 0.5) is 0 Å². The Morgan fingerprint density at radius 3 is 2.45 bits per heavy atom. The fraction of sp³-hybridized carbons (Fsp3) is 1.00. The minimum absolute atomic E-state index is 0.0676. The lowest BCUT2D eigenvalue weighted by Gasteiger charge is -2.41. The third kappa shape index (κ3) is 2.43. The zero-order valence-electron chi connectivity index (χ0n) is 7.76. The van der Waals surface area contributed by atoms with E-state index in [-0.39, 0.29) is 11.8 Å². The predicted octanol–water partition coefficient (Wildman–Crippen LogP) is 1.39. The highest BCUT2D eigenvalue weighted by Gasteiger charge is 2.32. The van der Waals surface area contributed by atoms with E-state index in [4.69, 9.17) is 9.57 Å². The Morgan fingerprint density at radius 1 is 1.55 bits per heavy atom. The van der Waals surface area contributed by atoms with Crippen molar-refractivity contribution in [2.45, 2.75) is 39.5 Å². The van der Waals surface area contributed by atoms with Gasteiger partial charge in [0.05, 0.1) is 5.60 Å². The van der Waals surface area contributed by atoms with E-state index in [0.717, 1.165) is 6.54 Å². The largest absolute Gasteiger partial charge is 0.353 e. The van der Waals surface area contributed by atoms with Gasteiger partial charge in [-0.15, -0.1) is 0 Å².